The molecule has 0 radical (unpaired) electrons. The number of methoxy groups -OCH3 is 1. The van der Waals surface area contributed by atoms with Gasteiger partial charge in [-0.3, -0.25) is 0 Å². The lowest BCUT2D eigenvalue weighted by molar-refractivity contribution is -0.139. The van der Waals surface area contributed by atoms with Crippen LogP contribution in [0, 0.1) is 0 Å². The number of anilines is 1. The second kappa shape index (κ2) is 13.1. The molecule has 0 fully saturated rings. The van der Waals surface area contributed by atoms with Crippen molar-refractivity contribution in [2.24, 2.45) is 0 Å². The van der Waals surface area contributed by atoms with Gasteiger partial charge in [0, 0.05) is 16.5 Å². The first-order chi connectivity index (χ1) is 18.4. The van der Waals surface area contributed by atoms with E-state index in [1.807, 2.05) is 49.4 Å². The highest BCUT2D eigenvalue weighted by Gasteiger charge is 2.35. The van der Waals surface area contributed by atoms with Gasteiger partial charge in [0.2, 0.25) is 11.1 Å². The first-order valence-electron chi connectivity index (χ1n) is 12.7. The molecule has 10 heteroatoms. The monoisotopic (exact) mass is 556 g/mol. The number of rotatable bonds is 12. The number of hydrogen-bond donors (Lipinski definition) is 1. The second-order valence-corrected chi connectivity index (χ2v) is 10.4. The summed E-state index contributed by atoms with van der Waals surface area (Å²) < 4.78 is 19.1. The van der Waals surface area contributed by atoms with Gasteiger partial charge in [-0.1, -0.05) is 61.8 Å². The molecule has 8 nitrogen and oxygen atoms in total. The minimum Gasteiger partial charge on any atom is -0.493 e. The van der Waals surface area contributed by atoms with Crippen LogP contribution >= 0.6 is 23.4 Å². The number of thioether (sulfide) groups is 1. The predicted octanol–water partition coefficient (Wildman–Crippen LogP) is 6.65. The maximum Gasteiger partial charge on any atom is 0.338 e. The van der Waals surface area contributed by atoms with Crippen molar-refractivity contribution in [3.8, 4) is 11.5 Å². The summed E-state index contributed by atoms with van der Waals surface area (Å²) in [5.74, 6) is 2.23. The molecule has 1 aliphatic heterocycles. The molecule has 4 rings (SSSR count). The highest BCUT2D eigenvalue weighted by Crippen LogP contribution is 2.40. The molecular formula is C28H33ClN4O4S. The molecule has 0 saturated carbocycles. The quantitative estimate of drug-likeness (QED) is 0.151. The Kier molecular flexibility index (Phi) is 9.58. The zero-order valence-corrected chi connectivity index (χ0v) is 23.7. The summed E-state index contributed by atoms with van der Waals surface area (Å²) in [5.41, 5.74) is 2.92. The van der Waals surface area contributed by atoms with Crippen molar-refractivity contribution in [1.82, 2.24) is 14.8 Å². The van der Waals surface area contributed by atoms with Gasteiger partial charge in [-0.25, -0.2) is 9.48 Å². The minimum atomic E-state index is -0.542. The zero-order valence-electron chi connectivity index (χ0n) is 22.1. The molecule has 0 saturated heterocycles. The van der Waals surface area contributed by atoms with Crippen molar-refractivity contribution in [3.63, 3.8) is 0 Å². The molecule has 38 heavy (non-hydrogen) atoms. The van der Waals surface area contributed by atoms with E-state index in [2.05, 4.69) is 24.1 Å². The van der Waals surface area contributed by atoms with E-state index in [4.69, 9.17) is 30.9 Å². The normalized spacial score (nSPS) is 14.6. The smallest absolute Gasteiger partial charge is 0.338 e. The Morgan fingerprint density at radius 3 is 2.74 bits per heavy atom. The van der Waals surface area contributed by atoms with E-state index in [-0.39, 0.29) is 5.97 Å². The van der Waals surface area contributed by atoms with E-state index < -0.39 is 6.04 Å². The van der Waals surface area contributed by atoms with Crippen LogP contribution in [0.1, 0.15) is 57.2 Å². The van der Waals surface area contributed by atoms with E-state index in [9.17, 15) is 4.79 Å². The SMILES string of the molecule is CCCCOC(=O)C1=C(C)Nc2nc(SCCC)nn2C1c1ccc(OCc2cccc(Cl)c2)c(OC)c1. The van der Waals surface area contributed by atoms with Crippen molar-refractivity contribution in [1.29, 1.82) is 0 Å². The third kappa shape index (κ3) is 6.45. The number of allylic oxidation sites excluding steroid dienone is 1. The molecule has 3 aromatic rings. The van der Waals surface area contributed by atoms with Crippen molar-refractivity contribution in [2.45, 2.75) is 57.8 Å². The molecule has 1 aliphatic rings. The largest absolute Gasteiger partial charge is 0.493 e. The lowest BCUT2D eigenvalue weighted by atomic mass is 9.95. The number of ether oxygens (including phenoxy) is 3. The van der Waals surface area contributed by atoms with Gasteiger partial charge in [0.25, 0.3) is 0 Å². The molecule has 0 bridgehead atoms. The Hall–Kier alpha value is -3.17. The Bertz CT molecular complexity index is 1310. The fourth-order valence-corrected chi connectivity index (χ4v) is 5.00. The van der Waals surface area contributed by atoms with Gasteiger partial charge in [-0.15, -0.1) is 5.10 Å². The fourth-order valence-electron chi connectivity index (χ4n) is 4.11. The molecule has 1 unspecified atom stereocenters. The molecule has 1 N–H and O–H groups in total. The van der Waals surface area contributed by atoms with Gasteiger partial charge in [0.15, 0.2) is 11.5 Å². The van der Waals surface area contributed by atoms with Gasteiger partial charge >= 0.3 is 5.97 Å². The number of nitrogens with one attached hydrogen (secondary N) is 1. The van der Waals surface area contributed by atoms with Crippen LogP contribution in [0.25, 0.3) is 0 Å². The fraction of sp³-hybridized carbons (Fsp3) is 0.393. The first-order valence-corrected chi connectivity index (χ1v) is 14.1. The Morgan fingerprint density at radius 2 is 2.00 bits per heavy atom. The molecule has 2 heterocycles. The van der Waals surface area contributed by atoms with Gasteiger partial charge in [0.05, 0.1) is 19.3 Å². The average molecular weight is 557 g/mol. The van der Waals surface area contributed by atoms with Gasteiger partial charge < -0.3 is 19.5 Å². The van der Waals surface area contributed by atoms with Crippen LogP contribution in [0.3, 0.4) is 0 Å². The number of benzene rings is 2. The number of carbonyl (C=O) groups is 1. The number of nitrogens with zero attached hydrogens (tertiary/aromatic N) is 3. The number of esters is 1. The molecular weight excluding hydrogens is 524 g/mol. The third-order valence-electron chi connectivity index (χ3n) is 6.01. The van der Waals surface area contributed by atoms with Crippen molar-refractivity contribution in [2.75, 3.05) is 24.8 Å². The molecule has 2 aromatic carbocycles. The van der Waals surface area contributed by atoms with E-state index in [1.54, 1.807) is 23.6 Å². The van der Waals surface area contributed by atoms with Crippen LogP contribution < -0.4 is 14.8 Å². The topological polar surface area (TPSA) is 87.5 Å². The molecule has 1 atom stereocenters. The number of hydrogen-bond acceptors (Lipinski definition) is 8. The van der Waals surface area contributed by atoms with Gasteiger partial charge in [0.1, 0.15) is 12.6 Å². The second-order valence-electron chi connectivity index (χ2n) is 8.90. The summed E-state index contributed by atoms with van der Waals surface area (Å²) in [6.45, 7) is 6.73. The van der Waals surface area contributed by atoms with Crippen molar-refractivity contribution >= 4 is 35.3 Å². The van der Waals surface area contributed by atoms with Crippen LogP contribution in [-0.4, -0.2) is 40.2 Å². The first kappa shape index (κ1) is 27.9. The summed E-state index contributed by atoms with van der Waals surface area (Å²) >= 11 is 7.69. The lowest BCUT2D eigenvalue weighted by Crippen LogP contribution is -2.29. The Labute approximate surface area is 232 Å². The third-order valence-corrected chi connectivity index (χ3v) is 7.28. The highest BCUT2D eigenvalue weighted by atomic mass is 35.5. The van der Waals surface area contributed by atoms with E-state index in [0.717, 1.165) is 36.1 Å². The molecule has 202 valence electrons. The molecule has 0 aliphatic carbocycles. The maximum absolute atomic E-state index is 13.3. The zero-order chi connectivity index (χ0) is 27.1. The molecule has 0 amide bonds. The summed E-state index contributed by atoms with van der Waals surface area (Å²) in [6, 6.07) is 12.6. The lowest BCUT2D eigenvalue weighted by Gasteiger charge is -2.28. The van der Waals surface area contributed by atoms with Gasteiger partial charge in [-0.05, 0) is 55.2 Å². The van der Waals surface area contributed by atoms with Crippen LogP contribution in [0.15, 0.2) is 58.9 Å². The Morgan fingerprint density at radius 1 is 1.16 bits per heavy atom. The predicted molar refractivity (Wildman–Crippen MR) is 150 cm³/mol. The molecule has 1 aromatic heterocycles. The Balaban J connectivity index is 1.69. The van der Waals surface area contributed by atoms with E-state index >= 15 is 0 Å². The molecule has 0 spiro atoms. The minimum absolute atomic E-state index is 0.336. The van der Waals surface area contributed by atoms with Crippen LogP contribution in [-0.2, 0) is 16.1 Å². The van der Waals surface area contributed by atoms with Crippen LogP contribution in [0.4, 0.5) is 5.95 Å². The van der Waals surface area contributed by atoms with Gasteiger partial charge in [-0.2, -0.15) is 4.98 Å². The average Bonchev–Trinajstić information content (AvgIpc) is 3.32. The summed E-state index contributed by atoms with van der Waals surface area (Å²) in [6.07, 6.45) is 2.74. The van der Waals surface area contributed by atoms with E-state index in [1.165, 1.54) is 0 Å². The van der Waals surface area contributed by atoms with Crippen LogP contribution in [0.2, 0.25) is 5.02 Å². The van der Waals surface area contributed by atoms with Crippen molar-refractivity contribution < 1.29 is 19.0 Å². The maximum atomic E-state index is 13.3. The number of halogens is 1. The highest BCUT2D eigenvalue weighted by molar-refractivity contribution is 7.99. The number of fused-ring (bicyclic) bond motifs is 1. The van der Waals surface area contributed by atoms with E-state index in [0.29, 0.717) is 52.1 Å². The van der Waals surface area contributed by atoms with Crippen molar-refractivity contribution in [3.05, 3.63) is 69.9 Å². The number of unbranched alkanes of at least 4 members (excludes halogenated alkanes) is 1. The van der Waals surface area contributed by atoms with Crippen LogP contribution in [0.5, 0.6) is 11.5 Å². The summed E-state index contributed by atoms with van der Waals surface area (Å²) in [5, 5.41) is 9.31. The number of aromatic nitrogens is 3. The summed E-state index contributed by atoms with van der Waals surface area (Å²) in [7, 11) is 1.59. The summed E-state index contributed by atoms with van der Waals surface area (Å²) in [4.78, 5) is 18.0. The standard InChI is InChI=1S/C28H33ClN4O4S/c1-5-7-13-36-26(34)24-18(3)30-27-31-28(38-14-6-2)32-33(27)25(24)20-11-12-22(23(16-20)35-4)37-17-19-9-8-10-21(29)15-19/h8-12,15-16,25H,5-7,13-14,17H2,1-4H3,(H,30,31,32). The number of carbonyl (C=O) groups excluding carboxylic acids is 1.